The predicted molar refractivity (Wildman–Crippen MR) is 87.4 cm³/mol. The fourth-order valence-electron chi connectivity index (χ4n) is 3.35. The van der Waals surface area contributed by atoms with E-state index < -0.39 is 0 Å². The van der Waals surface area contributed by atoms with Crippen molar-refractivity contribution in [1.29, 1.82) is 0 Å². The highest BCUT2D eigenvalue weighted by Crippen LogP contribution is 2.37. The fourth-order valence-corrected chi connectivity index (χ4v) is 3.35. The second-order valence-corrected chi connectivity index (χ2v) is 5.74. The van der Waals surface area contributed by atoms with E-state index in [1.54, 1.807) is 0 Å². The summed E-state index contributed by atoms with van der Waals surface area (Å²) in [4.78, 5) is 4.88. The van der Waals surface area contributed by atoms with Crippen molar-refractivity contribution in [2.75, 3.05) is 40.3 Å². The zero-order valence-corrected chi connectivity index (χ0v) is 14.0. The zero-order chi connectivity index (χ0) is 11.2. The van der Waals surface area contributed by atoms with Gasteiger partial charge in [-0.05, 0) is 26.9 Å². The Morgan fingerprint density at radius 3 is 2.32 bits per heavy atom. The van der Waals surface area contributed by atoms with Crippen molar-refractivity contribution in [3.63, 3.8) is 0 Å². The van der Waals surface area contributed by atoms with Gasteiger partial charge in [-0.3, -0.25) is 0 Å². The molecule has 19 heavy (non-hydrogen) atoms. The molecular weight excluding hydrogens is 307 g/mol. The second-order valence-electron chi connectivity index (χ2n) is 5.74. The molecule has 0 amide bonds. The number of rotatable bonds is 0. The first-order chi connectivity index (χ1) is 7.70. The molecule has 3 heterocycles. The van der Waals surface area contributed by atoms with Crippen molar-refractivity contribution in [3.8, 4) is 0 Å². The minimum absolute atomic E-state index is 0. The molecule has 3 aliphatic heterocycles. The smallest absolute Gasteiger partial charge is 0.0666 e. The summed E-state index contributed by atoms with van der Waals surface area (Å²) in [6.07, 6.45) is 3.65. The van der Waals surface area contributed by atoms with E-state index in [-0.39, 0.29) is 42.8 Å². The Morgan fingerprint density at radius 2 is 1.68 bits per heavy atom. The molecule has 1 atom stereocenters. The Kier molecular flexibility index (Phi) is 7.42. The molecule has 0 aromatic heterocycles. The Hall–Kier alpha value is 0.260. The Labute approximate surface area is 134 Å². The number of nitrogens with one attached hydrogen (secondary N) is 1. The number of hydrazone groups is 1. The lowest BCUT2D eigenvalue weighted by molar-refractivity contribution is 0.118. The highest BCUT2D eigenvalue weighted by molar-refractivity contribution is 5.90. The third-order valence-corrected chi connectivity index (χ3v) is 4.61. The number of halogens is 3. The van der Waals surface area contributed by atoms with Gasteiger partial charge < -0.3 is 15.2 Å². The van der Waals surface area contributed by atoms with E-state index in [4.69, 9.17) is 0 Å². The van der Waals surface area contributed by atoms with Gasteiger partial charge in [0.1, 0.15) is 0 Å². The van der Waals surface area contributed by atoms with Crippen molar-refractivity contribution in [2.45, 2.75) is 24.8 Å². The van der Waals surface area contributed by atoms with E-state index >= 15 is 0 Å². The maximum atomic E-state index is 4.62. The molecule has 2 saturated heterocycles. The first-order valence-electron chi connectivity index (χ1n) is 6.40. The molecule has 0 radical (unpaired) electrons. The standard InChI is InChI=1S/C12H22N4.3ClH/c1-15-7-4-12(5-8-15)10-9-16(2)6-3-11(10)13-14-12;;;/h10,14H,3-9H2,1-2H3;3*1H. The molecule has 3 rings (SSSR count). The van der Waals surface area contributed by atoms with Crippen LogP contribution in [0.15, 0.2) is 5.10 Å². The molecule has 4 nitrogen and oxygen atoms in total. The molecular formula is C12H25Cl3N4. The van der Waals surface area contributed by atoms with E-state index in [2.05, 4.69) is 34.4 Å². The third kappa shape index (κ3) is 3.48. The van der Waals surface area contributed by atoms with Crippen molar-refractivity contribution in [2.24, 2.45) is 11.0 Å². The number of fused-ring (bicyclic) bond motifs is 2. The van der Waals surface area contributed by atoms with Gasteiger partial charge in [-0.25, -0.2) is 0 Å². The maximum absolute atomic E-state index is 4.62. The molecule has 2 fully saturated rings. The van der Waals surface area contributed by atoms with Crippen LogP contribution in [0.5, 0.6) is 0 Å². The van der Waals surface area contributed by atoms with Crippen LogP contribution in [0.1, 0.15) is 19.3 Å². The lowest BCUT2D eigenvalue weighted by Crippen LogP contribution is -2.57. The van der Waals surface area contributed by atoms with Crippen LogP contribution in [0.25, 0.3) is 0 Å². The summed E-state index contributed by atoms with van der Waals surface area (Å²) in [5.74, 6) is 0.667. The normalized spacial score (nSPS) is 29.2. The second kappa shape index (κ2) is 7.32. The number of piperidine rings is 2. The largest absolute Gasteiger partial charge is 0.306 e. The average molecular weight is 332 g/mol. The van der Waals surface area contributed by atoms with Crippen LogP contribution in [-0.4, -0.2) is 61.3 Å². The summed E-state index contributed by atoms with van der Waals surface area (Å²) in [5, 5.41) is 4.62. The third-order valence-electron chi connectivity index (χ3n) is 4.61. The van der Waals surface area contributed by atoms with Gasteiger partial charge in [0.25, 0.3) is 0 Å². The first-order valence-corrected chi connectivity index (χ1v) is 6.40. The summed E-state index contributed by atoms with van der Waals surface area (Å²) >= 11 is 0. The molecule has 3 aliphatic rings. The fraction of sp³-hybridized carbons (Fsp3) is 0.917. The van der Waals surface area contributed by atoms with Gasteiger partial charge in [-0.1, -0.05) is 0 Å². The van der Waals surface area contributed by atoms with Gasteiger partial charge in [0.15, 0.2) is 0 Å². The molecule has 0 aromatic rings. The Morgan fingerprint density at radius 1 is 1.05 bits per heavy atom. The molecule has 7 heteroatoms. The molecule has 0 aromatic carbocycles. The zero-order valence-electron chi connectivity index (χ0n) is 11.6. The minimum atomic E-state index is 0. The number of likely N-dealkylation sites (tertiary alicyclic amines) is 2. The van der Waals surface area contributed by atoms with Crippen molar-refractivity contribution in [1.82, 2.24) is 15.2 Å². The van der Waals surface area contributed by atoms with Crippen molar-refractivity contribution < 1.29 is 0 Å². The van der Waals surface area contributed by atoms with Crippen LogP contribution in [0, 0.1) is 5.92 Å². The molecule has 1 spiro atoms. The van der Waals surface area contributed by atoms with Gasteiger partial charge in [0.05, 0.1) is 5.54 Å². The quantitative estimate of drug-likeness (QED) is 0.732. The lowest BCUT2D eigenvalue weighted by atomic mass is 9.73. The minimum Gasteiger partial charge on any atom is -0.306 e. The Bertz CT molecular complexity index is 316. The molecule has 0 aliphatic carbocycles. The van der Waals surface area contributed by atoms with E-state index in [0.717, 1.165) is 6.42 Å². The number of nitrogens with zero attached hydrogens (tertiary/aromatic N) is 3. The van der Waals surface area contributed by atoms with E-state index in [0.29, 0.717) is 5.92 Å². The SMILES string of the molecule is CN1CCC2(CC1)NN=C1CCN(C)CC12.Cl.Cl.Cl. The topological polar surface area (TPSA) is 30.9 Å². The molecule has 1 unspecified atom stereocenters. The average Bonchev–Trinajstić information content (AvgIpc) is 2.62. The van der Waals surface area contributed by atoms with Crippen LogP contribution in [-0.2, 0) is 0 Å². The number of hydrogen-bond donors (Lipinski definition) is 1. The summed E-state index contributed by atoms with van der Waals surface area (Å²) in [7, 11) is 4.45. The summed E-state index contributed by atoms with van der Waals surface area (Å²) in [6.45, 7) is 4.77. The lowest BCUT2D eigenvalue weighted by Gasteiger charge is -2.44. The maximum Gasteiger partial charge on any atom is 0.0666 e. The molecule has 1 N–H and O–H groups in total. The van der Waals surface area contributed by atoms with Crippen LogP contribution in [0.4, 0.5) is 0 Å². The van der Waals surface area contributed by atoms with E-state index in [9.17, 15) is 0 Å². The summed E-state index contributed by atoms with van der Waals surface area (Å²) in [5.41, 5.74) is 5.21. The van der Waals surface area contributed by atoms with Crippen LogP contribution in [0.2, 0.25) is 0 Å². The van der Waals surface area contributed by atoms with E-state index in [1.807, 2.05) is 0 Å². The van der Waals surface area contributed by atoms with Crippen LogP contribution in [0.3, 0.4) is 0 Å². The van der Waals surface area contributed by atoms with Crippen LogP contribution >= 0.6 is 37.2 Å². The summed E-state index contributed by atoms with van der Waals surface area (Å²) < 4.78 is 0. The van der Waals surface area contributed by atoms with E-state index in [1.165, 1.54) is 44.7 Å². The van der Waals surface area contributed by atoms with Crippen molar-refractivity contribution >= 4 is 42.9 Å². The summed E-state index contributed by atoms with van der Waals surface area (Å²) in [6, 6.07) is 0. The highest BCUT2D eigenvalue weighted by Gasteiger charge is 2.48. The van der Waals surface area contributed by atoms with Gasteiger partial charge in [0, 0.05) is 44.2 Å². The monoisotopic (exact) mass is 330 g/mol. The van der Waals surface area contributed by atoms with Crippen LogP contribution < -0.4 is 5.43 Å². The number of hydrogen-bond acceptors (Lipinski definition) is 4. The molecule has 114 valence electrons. The molecule has 0 bridgehead atoms. The van der Waals surface area contributed by atoms with Gasteiger partial charge >= 0.3 is 0 Å². The van der Waals surface area contributed by atoms with Gasteiger partial charge in [0.2, 0.25) is 0 Å². The van der Waals surface area contributed by atoms with Gasteiger partial charge in [-0.15, -0.1) is 37.2 Å². The highest BCUT2D eigenvalue weighted by atomic mass is 35.5. The Balaban J connectivity index is 0.00000108. The van der Waals surface area contributed by atoms with Gasteiger partial charge in [-0.2, -0.15) is 5.10 Å². The van der Waals surface area contributed by atoms with Crippen molar-refractivity contribution in [3.05, 3.63) is 0 Å². The molecule has 0 saturated carbocycles. The first kappa shape index (κ1) is 19.3. The predicted octanol–water partition coefficient (Wildman–Crippen LogP) is 1.63.